The highest BCUT2D eigenvalue weighted by atomic mass is 16.5. The Kier molecular flexibility index (Phi) is 4.93. The summed E-state index contributed by atoms with van der Waals surface area (Å²) in [7, 11) is 0. The molecule has 6 nitrogen and oxygen atoms in total. The van der Waals surface area contributed by atoms with Gasteiger partial charge in [-0.2, -0.15) is 0 Å². The molecule has 0 bridgehead atoms. The van der Waals surface area contributed by atoms with Crippen LogP contribution in [0, 0.1) is 5.92 Å². The Morgan fingerprint density at radius 1 is 1.74 bits per heavy atom. The van der Waals surface area contributed by atoms with E-state index in [1.165, 1.54) is 0 Å². The van der Waals surface area contributed by atoms with Crippen LogP contribution < -0.4 is 11.1 Å². The van der Waals surface area contributed by atoms with E-state index in [1.54, 1.807) is 12.5 Å². The lowest BCUT2D eigenvalue weighted by Gasteiger charge is -2.19. The number of nitrogens with zero attached hydrogens (tertiary/aromatic N) is 2. The molecule has 3 N–H and O–H groups in total. The predicted molar refractivity (Wildman–Crippen MR) is 71.4 cm³/mol. The number of carbonyl (C=O) groups is 1. The van der Waals surface area contributed by atoms with Gasteiger partial charge in [0.1, 0.15) is 0 Å². The van der Waals surface area contributed by atoms with Crippen LogP contribution >= 0.6 is 0 Å². The first-order valence-electron chi connectivity index (χ1n) is 6.82. The second-order valence-electron chi connectivity index (χ2n) is 4.86. The second-order valence-corrected chi connectivity index (χ2v) is 4.86. The number of hydrogen-bond acceptors (Lipinski definition) is 4. The number of ether oxygens (including phenoxy) is 1. The third kappa shape index (κ3) is 3.54. The molecule has 1 saturated heterocycles. The summed E-state index contributed by atoms with van der Waals surface area (Å²) >= 11 is 0. The van der Waals surface area contributed by atoms with Crippen LogP contribution in [0.1, 0.15) is 31.5 Å². The number of carbonyl (C=O) groups excluding carboxylic acids is 1. The summed E-state index contributed by atoms with van der Waals surface area (Å²) in [6.45, 7) is 4.68. The van der Waals surface area contributed by atoms with E-state index in [-0.39, 0.29) is 11.9 Å². The van der Waals surface area contributed by atoms with Gasteiger partial charge in [0.25, 0.3) is 0 Å². The van der Waals surface area contributed by atoms with Gasteiger partial charge in [-0.05, 0) is 13.3 Å². The quantitative estimate of drug-likeness (QED) is 0.783. The summed E-state index contributed by atoms with van der Waals surface area (Å²) in [5.74, 6) is 0.403. The van der Waals surface area contributed by atoms with E-state index in [9.17, 15) is 4.79 Å². The molecule has 1 amide bonds. The zero-order chi connectivity index (χ0) is 13.7. The Bertz CT molecular complexity index is 413. The molecule has 1 fully saturated rings. The number of nitrogens with two attached hydrogens (primary N) is 1. The van der Waals surface area contributed by atoms with Crippen LogP contribution in [-0.2, 0) is 16.1 Å². The highest BCUT2D eigenvalue weighted by Crippen LogP contribution is 2.26. The summed E-state index contributed by atoms with van der Waals surface area (Å²) in [5, 5.41) is 2.79. The summed E-state index contributed by atoms with van der Waals surface area (Å²) in [5.41, 5.74) is 7.26. The predicted octanol–water partition coefficient (Wildman–Crippen LogP) is 0.446. The van der Waals surface area contributed by atoms with Crippen LogP contribution in [0.5, 0.6) is 0 Å². The average Bonchev–Trinajstić information content (AvgIpc) is 3.07. The Labute approximate surface area is 113 Å². The number of rotatable bonds is 6. The van der Waals surface area contributed by atoms with Crippen molar-refractivity contribution in [2.24, 2.45) is 11.7 Å². The molecule has 19 heavy (non-hydrogen) atoms. The zero-order valence-electron chi connectivity index (χ0n) is 11.3. The molecule has 2 rings (SSSR count). The molecule has 106 valence electrons. The fraction of sp³-hybridized carbons (Fsp3) is 0.692. The van der Waals surface area contributed by atoms with Gasteiger partial charge in [0.05, 0.1) is 24.7 Å². The third-order valence-electron chi connectivity index (χ3n) is 3.51. The third-order valence-corrected chi connectivity index (χ3v) is 3.51. The molecule has 0 saturated carbocycles. The summed E-state index contributed by atoms with van der Waals surface area (Å²) in [4.78, 5) is 15.6. The van der Waals surface area contributed by atoms with E-state index in [1.807, 2.05) is 11.5 Å². The lowest BCUT2D eigenvalue weighted by molar-refractivity contribution is -0.121. The van der Waals surface area contributed by atoms with Crippen molar-refractivity contribution in [3.05, 3.63) is 18.2 Å². The van der Waals surface area contributed by atoms with E-state index >= 15 is 0 Å². The lowest BCUT2D eigenvalue weighted by Crippen LogP contribution is -2.26. The van der Waals surface area contributed by atoms with Crippen molar-refractivity contribution >= 4 is 5.91 Å². The molecule has 1 aromatic rings. The van der Waals surface area contributed by atoms with Gasteiger partial charge >= 0.3 is 0 Å². The fourth-order valence-electron chi connectivity index (χ4n) is 2.38. The highest BCUT2D eigenvalue weighted by Gasteiger charge is 2.26. The second kappa shape index (κ2) is 6.68. The topological polar surface area (TPSA) is 82.2 Å². The van der Waals surface area contributed by atoms with Crippen molar-refractivity contribution in [3.8, 4) is 0 Å². The molecule has 0 aromatic carbocycles. The first kappa shape index (κ1) is 14.0. The first-order chi connectivity index (χ1) is 9.22. The van der Waals surface area contributed by atoms with E-state index in [0.29, 0.717) is 32.0 Å². The molecule has 1 aliphatic rings. The number of imidazole rings is 1. The van der Waals surface area contributed by atoms with Crippen LogP contribution in [0.15, 0.2) is 12.5 Å². The zero-order valence-corrected chi connectivity index (χ0v) is 11.3. The fourth-order valence-corrected chi connectivity index (χ4v) is 2.38. The van der Waals surface area contributed by atoms with E-state index < -0.39 is 0 Å². The molecule has 1 aromatic heterocycles. The van der Waals surface area contributed by atoms with Gasteiger partial charge in [-0.3, -0.25) is 4.79 Å². The van der Waals surface area contributed by atoms with Crippen LogP contribution in [-0.4, -0.2) is 35.2 Å². The minimum Gasteiger partial charge on any atom is -0.381 e. The van der Waals surface area contributed by atoms with Gasteiger partial charge in [-0.25, -0.2) is 4.98 Å². The average molecular weight is 266 g/mol. The molecule has 2 unspecified atom stereocenters. The Hall–Kier alpha value is -1.40. The minimum atomic E-state index is -0.0702. The number of aryl methyl sites for hydroxylation is 1. The highest BCUT2D eigenvalue weighted by molar-refractivity contribution is 5.75. The summed E-state index contributed by atoms with van der Waals surface area (Å²) in [6, 6.07) is -0.0702. The maximum absolute atomic E-state index is 11.5. The Morgan fingerprint density at radius 2 is 2.58 bits per heavy atom. The van der Waals surface area contributed by atoms with Gasteiger partial charge in [-0.15, -0.1) is 0 Å². The molecule has 0 radical (unpaired) electrons. The van der Waals surface area contributed by atoms with Gasteiger partial charge < -0.3 is 20.4 Å². The Morgan fingerprint density at radius 3 is 3.26 bits per heavy atom. The van der Waals surface area contributed by atoms with Crippen molar-refractivity contribution in [2.75, 3.05) is 19.8 Å². The van der Waals surface area contributed by atoms with E-state index in [0.717, 1.165) is 18.7 Å². The maximum atomic E-state index is 11.5. The van der Waals surface area contributed by atoms with Crippen molar-refractivity contribution < 1.29 is 9.53 Å². The van der Waals surface area contributed by atoms with Crippen LogP contribution in [0.2, 0.25) is 0 Å². The van der Waals surface area contributed by atoms with Gasteiger partial charge in [0, 0.05) is 38.2 Å². The summed E-state index contributed by atoms with van der Waals surface area (Å²) < 4.78 is 7.34. The van der Waals surface area contributed by atoms with E-state index in [2.05, 4.69) is 10.3 Å². The van der Waals surface area contributed by atoms with Crippen molar-refractivity contribution in [2.45, 2.75) is 32.4 Å². The largest absolute Gasteiger partial charge is 0.381 e. The van der Waals surface area contributed by atoms with Gasteiger partial charge in [0.15, 0.2) is 0 Å². The van der Waals surface area contributed by atoms with Crippen LogP contribution in [0.3, 0.4) is 0 Å². The molecule has 2 atom stereocenters. The molecule has 0 spiro atoms. The Balaban J connectivity index is 1.94. The van der Waals surface area contributed by atoms with Crippen molar-refractivity contribution in [1.29, 1.82) is 0 Å². The van der Waals surface area contributed by atoms with Crippen molar-refractivity contribution in [1.82, 2.24) is 14.9 Å². The molecular weight excluding hydrogens is 244 g/mol. The number of amides is 1. The molecular formula is C13H22N4O2. The first-order valence-corrected chi connectivity index (χ1v) is 6.82. The SMILES string of the molecule is CCNC(=O)CCn1cncc1C(N)C1CCOC1. The minimum absolute atomic E-state index is 0.0555. The van der Waals surface area contributed by atoms with Gasteiger partial charge in [-0.1, -0.05) is 0 Å². The van der Waals surface area contributed by atoms with Crippen molar-refractivity contribution in [3.63, 3.8) is 0 Å². The van der Waals surface area contributed by atoms with Gasteiger partial charge in [0.2, 0.25) is 5.91 Å². The number of nitrogens with one attached hydrogen (secondary N) is 1. The molecule has 1 aliphatic heterocycles. The van der Waals surface area contributed by atoms with Crippen LogP contribution in [0.25, 0.3) is 0 Å². The monoisotopic (exact) mass is 266 g/mol. The number of hydrogen-bond donors (Lipinski definition) is 2. The molecule has 0 aliphatic carbocycles. The van der Waals surface area contributed by atoms with Crippen LogP contribution in [0.4, 0.5) is 0 Å². The normalized spacial score (nSPS) is 20.4. The summed E-state index contributed by atoms with van der Waals surface area (Å²) in [6.07, 6.45) is 4.97. The standard InChI is InChI=1S/C13H22N4O2/c1-2-16-12(18)3-5-17-9-15-7-11(17)13(14)10-4-6-19-8-10/h7,9-10,13H,2-6,8,14H2,1H3,(H,16,18). The molecule has 2 heterocycles. The number of aromatic nitrogens is 2. The van der Waals surface area contributed by atoms with E-state index in [4.69, 9.17) is 10.5 Å². The lowest BCUT2D eigenvalue weighted by atomic mass is 9.97. The smallest absolute Gasteiger partial charge is 0.221 e. The molecule has 6 heteroatoms. The maximum Gasteiger partial charge on any atom is 0.221 e.